The van der Waals surface area contributed by atoms with Crippen LogP contribution in [0.15, 0.2) is 18.2 Å². The number of hydrogen-bond acceptors (Lipinski definition) is 10. The number of fused-ring (bicyclic) bond motifs is 3. The number of rotatable bonds is 5. The molecule has 10 nitrogen and oxygen atoms in total. The predicted octanol–water partition coefficient (Wildman–Crippen LogP) is 2.09. The number of ether oxygens (including phenoxy) is 3. The topological polar surface area (TPSA) is 160 Å². The van der Waals surface area contributed by atoms with E-state index >= 15 is 0 Å². The lowest BCUT2D eigenvalue weighted by molar-refractivity contribution is -0.223. The quantitative estimate of drug-likeness (QED) is 0.373. The maximum Gasteiger partial charge on any atom is 0.202 e. The van der Waals surface area contributed by atoms with Crippen LogP contribution < -0.4 is 4.74 Å². The number of carbonyl (C=O) groups is 3. The minimum atomic E-state index is -2.15. The van der Waals surface area contributed by atoms with Crippen molar-refractivity contribution in [2.24, 2.45) is 0 Å². The van der Waals surface area contributed by atoms with Crippen LogP contribution in [0.5, 0.6) is 17.2 Å². The fourth-order valence-electron chi connectivity index (χ4n) is 5.64. The van der Waals surface area contributed by atoms with E-state index in [4.69, 9.17) is 14.2 Å². The number of carbonyl (C=O) groups excluding carboxylic acids is 3. The van der Waals surface area contributed by atoms with Gasteiger partial charge in [0.1, 0.15) is 29.5 Å². The van der Waals surface area contributed by atoms with E-state index in [0.717, 1.165) is 12.8 Å². The predicted molar refractivity (Wildman–Crippen MR) is 127 cm³/mol. The minimum absolute atomic E-state index is 0.00649. The van der Waals surface area contributed by atoms with Gasteiger partial charge in [-0.1, -0.05) is 12.1 Å². The van der Waals surface area contributed by atoms with E-state index in [1.807, 2.05) is 6.92 Å². The molecule has 0 spiro atoms. The van der Waals surface area contributed by atoms with Crippen LogP contribution in [0, 0.1) is 0 Å². The molecule has 2 aromatic rings. The maximum absolute atomic E-state index is 13.6. The average Bonchev–Trinajstić information content (AvgIpc) is 2.88. The molecule has 2 aliphatic carbocycles. The van der Waals surface area contributed by atoms with Gasteiger partial charge < -0.3 is 34.6 Å². The average molecular weight is 513 g/mol. The molecule has 1 saturated heterocycles. The molecule has 1 aliphatic heterocycles. The molecule has 0 unspecified atom stereocenters. The summed E-state index contributed by atoms with van der Waals surface area (Å²) in [6.07, 6.45) is -0.733. The number of ketones is 3. The fourth-order valence-corrected chi connectivity index (χ4v) is 5.64. The number of hydrogen-bond donors (Lipinski definition) is 4. The monoisotopic (exact) mass is 512 g/mol. The van der Waals surface area contributed by atoms with Crippen molar-refractivity contribution in [3.05, 3.63) is 51.6 Å². The smallest absolute Gasteiger partial charge is 0.202 e. The van der Waals surface area contributed by atoms with Gasteiger partial charge in [-0.05, 0) is 32.3 Å². The Balaban J connectivity index is 1.71. The Bertz CT molecular complexity index is 1310. The standard InChI is InChI=1S/C27H28O10/c1-12-5-3-8-18(36-12)37-16-10-27(34,17(29)11-28)9-14-20(16)26(33)22-21(24(14)31)23(30)13-6-4-7-15(35-2)19(13)25(22)32/h4,6-7,12,16,18,28,31,33-34H,3,5,8-11H2,1-2H3/t12-,16-,18-,27-/m0/s1. The Morgan fingerprint density at radius 3 is 2.51 bits per heavy atom. The third-order valence-electron chi connectivity index (χ3n) is 7.49. The molecule has 3 aliphatic rings. The molecule has 1 heterocycles. The van der Waals surface area contributed by atoms with Crippen LogP contribution in [0.2, 0.25) is 0 Å². The molecule has 0 aromatic heterocycles. The fraction of sp³-hybridized carbons (Fsp3) is 0.444. The third kappa shape index (κ3) is 3.91. The summed E-state index contributed by atoms with van der Waals surface area (Å²) in [5.74, 6) is -3.41. The Hall–Kier alpha value is -3.31. The largest absolute Gasteiger partial charge is 0.507 e. The third-order valence-corrected chi connectivity index (χ3v) is 7.49. The lowest BCUT2D eigenvalue weighted by Gasteiger charge is -2.40. The number of benzene rings is 2. The van der Waals surface area contributed by atoms with E-state index in [9.17, 15) is 34.8 Å². The molecule has 2 aromatic carbocycles. The van der Waals surface area contributed by atoms with Gasteiger partial charge in [0, 0.05) is 29.5 Å². The van der Waals surface area contributed by atoms with Crippen molar-refractivity contribution in [2.75, 3.05) is 13.7 Å². The lowest BCUT2D eigenvalue weighted by atomic mass is 9.72. The van der Waals surface area contributed by atoms with E-state index in [2.05, 4.69) is 0 Å². The highest BCUT2D eigenvalue weighted by Gasteiger charge is 2.49. The zero-order valence-electron chi connectivity index (χ0n) is 20.4. The van der Waals surface area contributed by atoms with Crippen molar-refractivity contribution >= 4 is 17.3 Å². The van der Waals surface area contributed by atoms with Crippen molar-refractivity contribution in [1.29, 1.82) is 0 Å². The highest BCUT2D eigenvalue weighted by Crippen LogP contribution is 2.52. The molecule has 4 N–H and O–H groups in total. The van der Waals surface area contributed by atoms with Gasteiger partial charge >= 0.3 is 0 Å². The van der Waals surface area contributed by atoms with Gasteiger partial charge in [0.15, 0.2) is 17.9 Å². The second-order valence-corrected chi connectivity index (χ2v) is 9.81. The number of phenols is 2. The van der Waals surface area contributed by atoms with Gasteiger partial charge in [-0.15, -0.1) is 0 Å². The van der Waals surface area contributed by atoms with E-state index in [1.165, 1.54) is 25.3 Å². The molecule has 5 rings (SSSR count). The lowest BCUT2D eigenvalue weighted by Crippen LogP contribution is -2.48. The highest BCUT2D eigenvalue weighted by atomic mass is 16.7. The first-order valence-electron chi connectivity index (χ1n) is 12.2. The molecular formula is C27H28O10. The van der Waals surface area contributed by atoms with Crippen molar-refractivity contribution in [3.8, 4) is 17.2 Å². The summed E-state index contributed by atoms with van der Waals surface area (Å²) in [6.45, 7) is 0.919. The molecule has 0 amide bonds. The molecule has 0 bridgehead atoms. The number of Topliss-reactive ketones (excluding diaryl/α,β-unsaturated/α-hetero) is 1. The molecule has 0 radical (unpaired) electrons. The first-order valence-corrected chi connectivity index (χ1v) is 12.2. The molecule has 10 heteroatoms. The molecule has 0 saturated carbocycles. The van der Waals surface area contributed by atoms with E-state index in [0.29, 0.717) is 6.42 Å². The Kier molecular flexibility index (Phi) is 6.31. The van der Waals surface area contributed by atoms with Crippen LogP contribution in [-0.4, -0.2) is 69.5 Å². The van der Waals surface area contributed by atoms with Gasteiger partial charge in [-0.25, -0.2) is 0 Å². The van der Waals surface area contributed by atoms with E-state index in [-0.39, 0.29) is 40.5 Å². The van der Waals surface area contributed by atoms with Crippen LogP contribution in [0.1, 0.15) is 81.7 Å². The van der Waals surface area contributed by atoms with Gasteiger partial charge in [-0.3, -0.25) is 14.4 Å². The molecule has 4 atom stereocenters. The SMILES string of the molecule is COc1cccc2c1C(=O)c1c(O)c3c(c(O)c1C2=O)C[C@@](O)(C(=O)CO)C[C@@H]3O[C@H]1CCC[C@H](C)O1. The minimum Gasteiger partial charge on any atom is -0.507 e. The Morgan fingerprint density at radius 2 is 1.84 bits per heavy atom. The van der Waals surface area contributed by atoms with Crippen molar-refractivity contribution in [2.45, 2.75) is 63.1 Å². The number of phenolic OH excluding ortho intramolecular Hbond substituents is 2. The number of aliphatic hydroxyl groups excluding tert-OH is 1. The first-order chi connectivity index (χ1) is 17.6. The van der Waals surface area contributed by atoms with Gasteiger partial charge in [-0.2, -0.15) is 0 Å². The molecule has 1 fully saturated rings. The van der Waals surface area contributed by atoms with Crippen LogP contribution in [0.4, 0.5) is 0 Å². The molecule has 196 valence electrons. The van der Waals surface area contributed by atoms with Crippen LogP contribution in [-0.2, 0) is 20.7 Å². The highest BCUT2D eigenvalue weighted by molar-refractivity contribution is 6.31. The van der Waals surface area contributed by atoms with Crippen molar-refractivity contribution in [3.63, 3.8) is 0 Å². The van der Waals surface area contributed by atoms with Gasteiger partial charge in [0.25, 0.3) is 0 Å². The van der Waals surface area contributed by atoms with Gasteiger partial charge in [0.2, 0.25) is 5.78 Å². The van der Waals surface area contributed by atoms with Crippen LogP contribution in [0.25, 0.3) is 0 Å². The number of methoxy groups -OCH3 is 1. The Labute approximate surface area is 212 Å². The molecular weight excluding hydrogens is 484 g/mol. The number of aromatic hydroxyl groups is 2. The van der Waals surface area contributed by atoms with Crippen molar-refractivity contribution < 1.29 is 49.0 Å². The van der Waals surface area contributed by atoms with Gasteiger partial charge in [0.05, 0.1) is 36.0 Å². The summed E-state index contributed by atoms with van der Waals surface area (Å²) in [4.78, 5) is 39.6. The Morgan fingerprint density at radius 1 is 1.11 bits per heavy atom. The molecule has 37 heavy (non-hydrogen) atoms. The summed E-state index contributed by atoms with van der Waals surface area (Å²) in [6, 6.07) is 4.45. The van der Waals surface area contributed by atoms with E-state index < -0.39 is 71.0 Å². The zero-order valence-corrected chi connectivity index (χ0v) is 20.4. The number of aliphatic hydroxyl groups is 2. The second-order valence-electron chi connectivity index (χ2n) is 9.81. The summed E-state index contributed by atoms with van der Waals surface area (Å²) in [5.41, 5.74) is -3.13. The van der Waals surface area contributed by atoms with Crippen LogP contribution >= 0.6 is 0 Å². The maximum atomic E-state index is 13.6. The first kappa shape index (κ1) is 25.3. The zero-order chi connectivity index (χ0) is 26.6. The summed E-state index contributed by atoms with van der Waals surface area (Å²) in [7, 11) is 1.35. The van der Waals surface area contributed by atoms with E-state index in [1.54, 1.807) is 0 Å². The second kappa shape index (κ2) is 9.21. The summed E-state index contributed by atoms with van der Waals surface area (Å²) < 4.78 is 17.2. The van der Waals surface area contributed by atoms with Crippen molar-refractivity contribution in [1.82, 2.24) is 0 Å². The van der Waals surface area contributed by atoms with Crippen LogP contribution in [0.3, 0.4) is 0 Å². The summed E-state index contributed by atoms with van der Waals surface area (Å²) >= 11 is 0. The normalized spacial score (nSPS) is 26.8. The summed E-state index contributed by atoms with van der Waals surface area (Å²) in [5, 5.41) is 43.5.